The topological polar surface area (TPSA) is 74.8 Å². The Labute approximate surface area is 175 Å². The molecule has 1 aromatic carbocycles. The number of urea groups is 1. The second kappa shape index (κ2) is 9.60. The largest absolute Gasteiger partial charge is 0.462 e. The third-order valence-corrected chi connectivity index (χ3v) is 5.28. The van der Waals surface area contributed by atoms with Gasteiger partial charge in [-0.15, -0.1) is 0 Å². The Morgan fingerprint density at radius 3 is 2.72 bits per heavy atom. The predicted octanol–water partition coefficient (Wildman–Crippen LogP) is 3.96. The van der Waals surface area contributed by atoms with Gasteiger partial charge in [0.25, 0.3) is 0 Å². The average molecular weight is 417 g/mol. The van der Waals surface area contributed by atoms with Crippen LogP contribution in [0.5, 0.6) is 0 Å². The number of amides is 2. The van der Waals surface area contributed by atoms with Gasteiger partial charge in [-0.25, -0.2) is 14.6 Å². The van der Waals surface area contributed by atoms with Crippen LogP contribution in [0.15, 0.2) is 36.5 Å². The molecule has 29 heavy (non-hydrogen) atoms. The van der Waals surface area contributed by atoms with Crippen LogP contribution in [0.3, 0.4) is 0 Å². The molecule has 2 aromatic rings. The van der Waals surface area contributed by atoms with E-state index in [2.05, 4.69) is 15.2 Å². The summed E-state index contributed by atoms with van der Waals surface area (Å²) in [5, 5.41) is 3.58. The molecule has 2 amide bonds. The molecule has 8 heteroatoms. The summed E-state index contributed by atoms with van der Waals surface area (Å²) in [6, 6.07) is 8.87. The van der Waals surface area contributed by atoms with E-state index in [1.54, 1.807) is 24.0 Å². The van der Waals surface area contributed by atoms with E-state index in [1.807, 2.05) is 25.1 Å². The van der Waals surface area contributed by atoms with E-state index >= 15 is 0 Å². The molecule has 3 rings (SSSR count). The van der Waals surface area contributed by atoms with E-state index in [4.69, 9.17) is 16.3 Å². The summed E-state index contributed by atoms with van der Waals surface area (Å²) < 4.78 is 4.99. The summed E-state index contributed by atoms with van der Waals surface area (Å²) in [6.45, 7) is 6.66. The van der Waals surface area contributed by atoms with Gasteiger partial charge in [0.1, 0.15) is 5.82 Å². The van der Waals surface area contributed by atoms with Crippen molar-refractivity contribution >= 4 is 35.1 Å². The molecule has 0 saturated carbocycles. The van der Waals surface area contributed by atoms with Gasteiger partial charge in [-0.3, -0.25) is 0 Å². The number of carbonyl (C=O) groups is 2. The van der Waals surface area contributed by atoms with Gasteiger partial charge in [0, 0.05) is 43.1 Å². The van der Waals surface area contributed by atoms with Gasteiger partial charge >= 0.3 is 12.0 Å². The van der Waals surface area contributed by atoms with Crippen molar-refractivity contribution in [3.63, 3.8) is 0 Å². The van der Waals surface area contributed by atoms with E-state index in [9.17, 15) is 9.59 Å². The predicted molar refractivity (Wildman–Crippen MR) is 114 cm³/mol. The summed E-state index contributed by atoms with van der Waals surface area (Å²) in [5.41, 5.74) is 2.01. The highest BCUT2D eigenvalue weighted by atomic mass is 35.5. The second-order valence-corrected chi connectivity index (χ2v) is 7.20. The van der Waals surface area contributed by atoms with Crippen LogP contribution in [0, 0.1) is 6.92 Å². The molecule has 0 atom stereocenters. The number of anilines is 2. The minimum atomic E-state index is -0.374. The van der Waals surface area contributed by atoms with E-state index in [-0.39, 0.29) is 12.0 Å². The molecule has 1 aromatic heterocycles. The smallest absolute Gasteiger partial charge is 0.339 e. The molecule has 0 spiro atoms. The molecule has 1 aliphatic heterocycles. The second-order valence-electron chi connectivity index (χ2n) is 6.80. The Kier molecular flexibility index (Phi) is 6.93. The summed E-state index contributed by atoms with van der Waals surface area (Å²) in [5.74, 6) is 0.410. The number of aromatic nitrogens is 1. The summed E-state index contributed by atoms with van der Waals surface area (Å²) in [7, 11) is 0. The molecule has 154 valence electrons. The maximum absolute atomic E-state index is 12.7. The fourth-order valence-electron chi connectivity index (χ4n) is 3.20. The first kappa shape index (κ1) is 20.9. The lowest BCUT2D eigenvalue weighted by molar-refractivity contribution is 0.0526. The van der Waals surface area contributed by atoms with Crippen molar-refractivity contribution in [2.24, 2.45) is 0 Å². The SMILES string of the molecule is CCOC(=O)c1ccc(N2CCCN(C(=O)Nc3cccc(Cl)c3C)CC2)nc1. The number of rotatable bonds is 4. The van der Waals surface area contributed by atoms with Crippen molar-refractivity contribution in [1.82, 2.24) is 9.88 Å². The summed E-state index contributed by atoms with van der Waals surface area (Å²) in [6.07, 6.45) is 2.36. The Hall–Kier alpha value is -2.80. The molecule has 1 N–H and O–H groups in total. The minimum absolute atomic E-state index is 0.136. The molecule has 1 saturated heterocycles. The maximum atomic E-state index is 12.7. The monoisotopic (exact) mass is 416 g/mol. The number of nitrogens with one attached hydrogen (secondary N) is 1. The number of carbonyl (C=O) groups excluding carboxylic acids is 2. The number of pyridine rings is 1. The Morgan fingerprint density at radius 2 is 2.00 bits per heavy atom. The maximum Gasteiger partial charge on any atom is 0.339 e. The number of hydrogen-bond donors (Lipinski definition) is 1. The Bertz CT molecular complexity index is 873. The molecule has 0 unspecified atom stereocenters. The molecule has 7 nitrogen and oxygen atoms in total. The van der Waals surface area contributed by atoms with Crippen LogP contribution in [-0.2, 0) is 4.74 Å². The lowest BCUT2D eigenvalue weighted by atomic mass is 10.2. The third kappa shape index (κ3) is 5.17. The van der Waals surface area contributed by atoms with Crippen LogP contribution in [0.25, 0.3) is 0 Å². The van der Waals surface area contributed by atoms with Gasteiger partial charge in [0.05, 0.1) is 12.2 Å². The first-order chi connectivity index (χ1) is 14.0. The number of ether oxygens (including phenoxy) is 1. The molecular formula is C21H25ClN4O3. The van der Waals surface area contributed by atoms with Crippen molar-refractivity contribution in [1.29, 1.82) is 0 Å². The molecule has 1 aliphatic rings. The lowest BCUT2D eigenvalue weighted by Crippen LogP contribution is -2.38. The van der Waals surface area contributed by atoms with Gasteiger partial charge < -0.3 is 19.9 Å². The first-order valence-electron chi connectivity index (χ1n) is 9.68. The fourth-order valence-corrected chi connectivity index (χ4v) is 3.37. The first-order valence-corrected chi connectivity index (χ1v) is 10.1. The molecule has 2 heterocycles. The van der Waals surface area contributed by atoms with E-state index in [1.165, 1.54) is 6.20 Å². The highest BCUT2D eigenvalue weighted by Crippen LogP contribution is 2.23. The fraction of sp³-hybridized carbons (Fsp3) is 0.381. The van der Waals surface area contributed by atoms with Gasteiger partial charge in [0.2, 0.25) is 0 Å². The third-order valence-electron chi connectivity index (χ3n) is 4.88. The van der Waals surface area contributed by atoms with Crippen molar-refractivity contribution in [2.45, 2.75) is 20.3 Å². The zero-order valence-corrected chi connectivity index (χ0v) is 17.4. The van der Waals surface area contributed by atoms with E-state index < -0.39 is 0 Å². The summed E-state index contributed by atoms with van der Waals surface area (Å²) in [4.78, 5) is 32.8. The van der Waals surface area contributed by atoms with Crippen LogP contribution in [0.4, 0.5) is 16.3 Å². The minimum Gasteiger partial charge on any atom is -0.462 e. The molecule has 1 fully saturated rings. The van der Waals surface area contributed by atoms with Gasteiger partial charge in [0.15, 0.2) is 0 Å². The van der Waals surface area contributed by atoms with Crippen LogP contribution >= 0.6 is 11.6 Å². The highest BCUT2D eigenvalue weighted by Gasteiger charge is 2.21. The number of benzene rings is 1. The van der Waals surface area contributed by atoms with Crippen LogP contribution in [0.2, 0.25) is 5.02 Å². The lowest BCUT2D eigenvalue weighted by Gasteiger charge is -2.23. The number of halogens is 1. The highest BCUT2D eigenvalue weighted by molar-refractivity contribution is 6.31. The number of esters is 1. The van der Waals surface area contributed by atoms with Crippen LogP contribution < -0.4 is 10.2 Å². The van der Waals surface area contributed by atoms with Gasteiger partial charge in [-0.1, -0.05) is 17.7 Å². The molecule has 0 bridgehead atoms. The zero-order valence-electron chi connectivity index (χ0n) is 16.7. The van der Waals surface area contributed by atoms with E-state index in [0.717, 1.165) is 30.0 Å². The van der Waals surface area contributed by atoms with Crippen molar-refractivity contribution in [2.75, 3.05) is 43.0 Å². The van der Waals surface area contributed by atoms with Crippen molar-refractivity contribution < 1.29 is 14.3 Å². The van der Waals surface area contributed by atoms with Gasteiger partial charge in [-0.2, -0.15) is 0 Å². The quantitative estimate of drug-likeness (QED) is 0.763. The van der Waals surface area contributed by atoms with E-state index in [0.29, 0.717) is 36.8 Å². The Morgan fingerprint density at radius 1 is 1.17 bits per heavy atom. The molecule has 0 radical (unpaired) electrons. The van der Waals surface area contributed by atoms with Crippen LogP contribution in [-0.4, -0.2) is 54.7 Å². The van der Waals surface area contributed by atoms with Crippen molar-refractivity contribution in [3.8, 4) is 0 Å². The summed E-state index contributed by atoms with van der Waals surface area (Å²) >= 11 is 6.14. The standard InChI is InChI=1S/C21H25ClN4O3/c1-3-29-20(27)16-8-9-19(23-14-16)25-10-5-11-26(13-12-25)21(28)24-18-7-4-6-17(22)15(18)2/h4,6-9,14H,3,5,10-13H2,1-2H3,(H,24,28). The molecule has 0 aliphatic carbocycles. The normalized spacial score (nSPS) is 14.3. The van der Waals surface area contributed by atoms with Crippen molar-refractivity contribution in [3.05, 3.63) is 52.7 Å². The number of nitrogens with zero attached hydrogens (tertiary/aromatic N) is 3. The van der Waals surface area contributed by atoms with Gasteiger partial charge in [-0.05, 0) is 50.1 Å². The molecular weight excluding hydrogens is 392 g/mol. The van der Waals surface area contributed by atoms with Crippen LogP contribution in [0.1, 0.15) is 29.3 Å². The average Bonchev–Trinajstić information content (AvgIpc) is 2.98. The number of hydrogen-bond acceptors (Lipinski definition) is 5. The zero-order chi connectivity index (χ0) is 20.8. The Balaban J connectivity index is 1.60.